The topological polar surface area (TPSA) is 52.2 Å². The van der Waals surface area contributed by atoms with Crippen molar-refractivity contribution in [3.05, 3.63) is 86.4 Å². The van der Waals surface area contributed by atoms with E-state index in [1.165, 1.54) is 16.7 Å². The van der Waals surface area contributed by atoms with E-state index in [0.29, 0.717) is 15.8 Å². The van der Waals surface area contributed by atoms with E-state index in [1.54, 1.807) is 33.0 Å². The number of benzene rings is 2. The van der Waals surface area contributed by atoms with E-state index in [1.807, 2.05) is 25.3 Å². The number of fused-ring (bicyclic) bond motifs is 1. The van der Waals surface area contributed by atoms with Crippen LogP contribution in [0.4, 0.5) is 0 Å². The van der Waals surface area contributed by atoms with Crippen LogP contribution in [-0.2, 0) is 5.75 Å². The lowest BCUT2D eigenvalue weighted by atomic mass is 10.1. The lowest BCUT2D eigenvalue weighted by Crippen LogP contribution is -2.21. The van der Waals surface area contributed by atoms with Gasteiger partial charge in [-0.3, -0.25) is 13.8 Å². The van der Waals surface area contributed by atoms with Crippen LogP contribution in [0.1, 0.15) is 22.3 Å². The average molecular weight is 411 g/mol. The van der Waals surface area contributed by atoms with Crippen molar-refractivity contribution in [2.75, 3.05) is 0 Å². The molecule has 0 aliphatic rings. The smallest absolute Gasteiger partial charge is 0.279 e. The summed E-state index contributed by atoms with van der Waals surface area (Å²) >= 11 is 7.68. The molecular formula is C21H19ClN4OS. The highest BCUT2D eigenvalue weighted by Crippen LogP contribution is 2.24. The van der Waals surface area contributed by atoms with Gasteiger partial charge in [-0.15, -0.1) is 10.2 Å². The fourth-order valence-electron chi connectivity index (χ4n) is 3.09. The Morgan fingerprint density at radius 1 is 1.00 bits per heavy atom. The molecule has 4 rings (SSSR count). The maximum Gasteiger partial charge on any atom is 0.300 e. The Kier molecular flexibility index (Phi) is 5.00. The lowest BCUT2D eigenvalue weighted by molar-refractivity contribution is 0.890. The van der Waals surface area contributed by atoms with E-state index in [0.717, 1.165) is 17.0 Å². The summed E-state index contributed by atoms with van der Waals surface area (Å²) in [4.78, 5) is 13.0. The molecule has 0 amide bonds. The zero-order valence-electron chi connectivity index (χ0n) is 15.8. The SMILES string of the molecule is Cc1ccc(C)c(CSc2nnc3c(=O)n(-c4cc(Cl)ccc4C)ccn23)c1. The van der Waals surface area contributed by atoms with Gasteiger partial charge in [0.25, 0.3) is 0 Å². The van der Waals surface area contributed by atoms with Gasteiger partial charge >= 0.3 is 5.56 Å². The second kappa shape index (κ2) is 7.45. The van der Waals surface area contributed by atoms with Gasteiger partial charge in [-0.25, -0.2) is 0 Å². The van der Waals surface area contributed by atoms with Crippen LogP contribution in [0.15, 0.2) is 58.7 Å². The van der Waals surface area contributed by atoms with Crippen LogP contribution in [0.2, 0.25) is 5.02 Å². The Hall–Kier alpha value is -2.57. The third-order valence-corrected chi connectivity index (χ3v) is 5.96. The summed E-state index contributed by atoms with van der Waals surface area (Å²) in [6.07, 6.45) is 3.56. The van der Waals surface area contributed by atoms with Crippen molar-refractivity contribution in [2.45, 2.75) is 31.7 Å². The van der Waals surface area contributed by atoms with Gasteiger partial charge < -0.3 is 0 Å². The van der Waals surface area contributed by atoms with E-state index in [4.69, 9.17) is 11.6 Å². The van der Waals surface area contributed by atoms with Gasteiger partial charge in [0.15, 0.2) is 5.16 Å². The zero-order valence-corrected chi connectivity index (χ0v) is 17.4. The molecule has 0 radical (unpaired) electrons. The largest absolute Gasteiger partial charge is 0.300 e. The molecule has 0 saturated heterocycles. The molecule has 4 aromatic rings. The lowest BCUT2D eigenvalue weighted by Gasteiger charge is -2.10. The van der Waals surface area contributed by atoms with E-state index in [2.05, 4.69) is 42.2 Å². The Bertz CT molecular complexity index is 1250. The highest BCUT2D eigenvalue weighted by atomic mass is 35.5. The summed E-state index contributed by atoms with van der Waals surface area (Å²) in [7, 11) is 0. The number of aryl methyl sites for hydroxylation is 3. The standard InChI is InChI=1S/C21H19ClN4OS/c1-13-4-5-14(2)16(10-13)12-28-21-24-23-19-20(27)25(8-9-26(19)21)18-11-17(22)7-6-15(18)3/h4-11H,12H2,1-3H3. The summed E-state index contributed by atoms with van der Waals surface area (Å²) in [5, 5.41) is 9.65. The summed E-state index contributed by atoms with van der Waals surface area (Å²) in [6.45, 7) is 6.13. The molecule has 2 heterocycles. The van der Waals surface area contributed by atoms with Gasteiger partial charge in [-0.1, -0.05) is 53.2 Å². The number of aromatic nitrogens is 4. The van der Waals surface area contributed by atoms with Crippen molar-refractivity contribution >= 4 is 29.0 Å². The minimum absolute atomic E-state index is 0.223. The highest BCUT2D eigenvalue weighted by molar-refractivity contribution is 7.98. The molecule has 142 valence electrons. The molecule has 0 spiro atoms. The second-order valence-corrected chi connectivity index (χ2v) is 8.18. The number of hydrogen-bond acceptors (Lipinski definition) is 4. The van der Waals surface area contributed by atoms with Gasteiger partial charge in [0.1, 0.15) is 0 Å². The van der Waals surface area contributed by atoms with Gasteiger partial charge in [-0.2, -0.15) is 0 Å². The van der Waals surface area contributed by atoms with E-state index in [-0.39, 0.29) is 5.56 Å². The van der Waals surface area contributed by atoms with Gasteiger partial charge in [0.2, 0.25) is 5.65 Å². The molecule has 7 heteroatoms. The summed E-state index contributed by atoms with van der Waals surface area (Å²) in [6, 6.07) is 11.9. The molecule has 0 fully saturated rings. The Balaban J connectivity index is 1.70. The van der Waals surface area contributed by atoms with E-state index < -0.39 is 0 Å². The van der Waals surface area contributed by atoms with Gasteiger partial charge in [0, 0.05) is 23.2 Å². The quantitative estimate of drug-likeness (QED) is 0.455. The van der Waals surface area contributed by atoms with Crippen molar-refractivity contribution < 1.29 is 0 Å². The fraction of sp³-hybridized carbons (Fsp3) is 0.190. The van der Waals surface area contributed by atoms with E-state index >= 15 is 0 Å². The Morgan fingerprint density at radius 2 is 1.79 bits per heavy atom. The number of rotatable bonds is 4. The molecule has 2 aromatic heterocycles. The number of nitrogens with zero attached hydrogens (tertiary/aromatic N) is 4. The third-order valence-electron chi connectivity index (χ3n) is 4.73. The van der Waals surface area contributed by atoms with Crippen LogP contribution in [0.3, 0.4) is 0 Å². The molecule has 0 N–H and O–H groups in total. The normalized spacial score (nSPS) is 11.3. The second-order valence-electron chi connectivity index (χ2n) is 6.80. The van der Waals surface area contributed by atoms with Crippen molar-refractivity contribution in [1.29, 1.82) is 0 Å². The third kappa shape index (κ3) is 3.45. The first-order chi connectivity index (χ1) is 13.4. The molecule has 0 bridgehead atoms. The number of hydrogen-bond donors (Lipinski definition) is 0. The minimum Gasteiger partial charge on any atom is -0.279 e. The first-order valence-corrected chi connectivity index (χ1v) is 10.2. The number of thioether (sulfide) groups is 1. The maximum absolute atomic E-state index is 13.0. The van der Waals surface area contributed by atoms with Crippen LogP contribution in [0, 0.1) is 20.8 Å². The molecule has 0 aliphatic heterocycles. The first kappa shape index (κ1) is 18.8. The summed E-state index contributed by atoms with van der Waals surface area (Å²) in [5.74, 6) is 0.769. The van der Waals surface area contributed by atoms with Crippen LogP contribution in [0.5, 0.6) is 0 Å². The van der Waals surface area contributed by atoms with Crippen molar-refractivity contribution in [2.24, 2.45) is 0 Å². The van der Waals surface area contributed by atoms with Crippen molar-refractivity contribution in [1.82, 2.24) is 19.2 Å². The van der Waals surface area contributed by atoms with Crippen LogP contribution < -0.4 is 5.56 Å². The van der Waals surface area contributed by atoms with Crippen molar-refractivity contribution in [3.63, 3.8) is 0 Å². The predicted molar refractivity (Wildman–Crippen MR) is 114 cm³/mol. The Morgan fingerprint density at radius 3 is 2.61 bits per heavy atom. The summed E-state index contributed by atoms with van der Waals surface area (Å²) in [5.41, 5.74) is 5.50. The first-order valence-electron chi connectivity index (χ1n) is 8.86. The molecule has 2 aromatic carbocycles. The summed E-state index contributed by atoms with van der Waals surface area (Å²) < 4.78 is 3.30. The molecule has 0 atom stereocenters. The van der Waals surface area contributed by atoms with Crippen molar-refractivity contribution in [3.8, 4) is 5.69 Å². The van der Waals surface area contributed by atoms with Gasteiger partial charge in [-0.05, 0) is 49.6 Å². The van der Waals surface area contributed by atoms with Crippen LogP contribution in [0.25, 0.3) is 11.3 Å². The molecule has 5 nitrogen and oxygen atoms in total. The fourth-order valence-corrected chi connectivity index (χ4v) is 4.24. The van der Waals surface area contributed by atoms with E-state index in [9.17, 15) is 4.79 Å². The highest BCUT2D eigenvalue weighted by Gasteiger charge is 2.14. The minimum atomic E-state index is -0.223. The van der Waals surface area contributed by atoms with Crippen LogP contribution in [-0.4, -0.2) is 19.2 Å². The molecular weight excluding hydrogens is 392 g/mol. The predicted octanol–water partition coefficient (Wildman–Crippen LogP) is 4.75. The van der Waals surface area contributed by atoms with Gasteiger partial charge in [0.05, 0.1) is 5.69 Å². The molecule has 28 heavy (non-hydrogen) atoms. The average Bonchev–Trinajstić information content (AvgIpc) is 3.09. The zero-order chi connectivity index (χ0) is 19.8. The number of halogens is 1. The molecule has 0 saturated carbocycles. The maximum atomic E-state index is 13.0. The molecule has 0 aliphatic carbocycles. The molecule has 0 unspecified atom stereocenters. The Labute approximate surface area is 172 Å². The van der Waals surface area contributed by atoms with Crippen LogP contribution >= 0.6 is 23.4 Å². The monoisotopic (exact) mass is 410 g/mol.